The number of nitrogens with one attached hydrogen (secondary N) is 1. The number of hydrogen-bond acceptors (Lipinski definition) is 4. The molecule has 1 unspecified atom stereocenters. The Kier molecular flexibility index (Phi) is 4.75. The summed E-state index contributed by atoms with van der Waals surface area (Å²) in [7, 11) is 2.31. The predicted octanol–water partition coefficient (Wildman–Crippen LogP) is 1.11. The molecule has 0 amide bonds. The maximum absolute atomic E-state index is 3.44. The molecule has 0 aromatic carbocycles. The highest BCUT2D eigenvalue weighted by Crippen LogP contribution is 2.24. The van der Waals surface area contributed by atoms with Crippen LogP contribution in [-0.2, 0) is 0 Å². The highest BCUT2D eigenvalue weighted by atomic mass is 32.2. The van der Waals surface area contributed by atoms with Crippen LogP contribution in [0.3, 0.4) is 0 Å². The standard InChI is InChI=1S/C13H27N3S/c1-13(2,16-7-5-14-6-8-16)11-15(3)12-4-9-17-10-12/h12,14H,4-11H2,1-3H3. The average Bonchev–Trinajstić information content (AvgIpc) is 2.83. The molecular weight excluding hydrogens is 230 g/mol. The van der Waals surface area contributed by atoms with Gasteiger partial charge < -0.3 is 10.2 Å². The highest BCUT2D eigenvalue weighted by molar-refractivity contribution is 7.99. The third kappa shape index (κ3) is 3.60. The van der Waals surface area contributed by atoms with E-state index in [1.165, 1.54) is 37.6 Å². The van der Waals surface area contributed by atoms with Gasteiger partial charge in [0.05, 0.1) is 0 Å². The second-order valence-electron chi connectivity index (χ2n) is 5.98. The van der Waals surface area contributed by atoms with E-state index in [0.29, 0.717) is 5.54 Å². The first kappa shape index (κ1) is 13.7. The van der Waals surface area contributed by atoms with Crippen molar-refractivity contribution in [2.75, 3.05) is 51.3 Å². The normalized spacial score (nSPS) is 27.9. The lowest BCUT2D eigenvalue weighted by atomic mass is 10.00. The second-order valence-corrected chi connectivity index (χ2v) is 7.13. The Morgan fingerprint density at radius 1 is 1.35 bits per heavy atom. The van der Waals surface area contributed by atoms with E-state index in [-0.39, 0.29) is 0 Å². The van der Waals surface area contributed by atoms with Gasteiger partial charge in [-0.2, -0.15) is 11.8 Å². The van der Waals surface area contributed by atoms with E-state index in [1.54, 1.807) is 0 Å². The zero-order valence-corrected chi connectivity index (χ0v) is 12.4. The lowest BCUT2D eigenvalue weighted by Gasteiger charge is -2.44. The van der Waals surface area contributed by atoms with Crippen LogP contribution in [0, 0.1) is 0 Å². The number of nitrogens with zero attached hydrogens (tertiary/aromatic N) is 2. The van der Waals surface area contributed by atoms with Gasteiger partial charge in [0.1, 0.15) is 0 Å². The van der Waals surface area contributed by atoms with Crippen molar-refractivity contribution in [3.05, 3.63) is 0 Å². The molecule has 2 aliphatic rings. The second kappa shape index (κ2) is 5.91. The van der Waals surface area contributed by atoms with E-state index in [4.69, 9.17) is 0 Å². The van der Waals surface area contributed by atoms with E-state index in [9.17, 15) is 0 Å². The predicted molar refractivity (Wildman–Crippen MR) is 76.9 cm³/mol. The first-order valence-electron chi connectivity index (χ1n) is 6.83. The maximum atomic E-state index is 3.44. The summed E-state index contributed by atoms with van der Waals surface area (Å²) in [4.78, 5) is 5.23. The average molecular weight is 257 g/mol. The third-order valence-electron chi connectivity index (χ3n) is 4.14. The Bertz CT molecular complexity index is 233. The van der Waals surface area contributed by atoms with Gasteiger partial charge in [-0.1, -0.05) is 0 Å². The van der Waals surface area contributed by atoms with Crippen molar-refractivity contribution >= 4 is 11.8 Å². The summed E-state index contributed by atoms with van der Waals surface area (Å²) < 4.78 is 0. The summed E-state index contributed by atoms with van der Waals surface area (Å²) in [5.74, 6) is 2.68. The van der Waals surface area contributed by atoms with Gasteiger partial charge in [-0.3, -0.25) is 4.90 Å². The monoisotopic (exact) mass is 257 g/mol. The Morgan fingerprint density at radius 2 is 2.06 bits per heavy atom. The van der Waals surface area contributed by atoms with Crippen LogP contribution in [-0.4, -0.2) is 72.7 Å². The van der Waals surface area contributed by atoms with Crippen molar-refractivity contribution in [1.29, 1.82) is 0 Å². The third-order valence-corrected chi connectivity index (χ3v) is 5.28. The fourth-order valence-corrected chi connectivity index (χ4v) is 4.28. The number of hydrogen-bond donors (Lipinski definition) is 1. The molecule has 0 aromatic rings. The van der Waals surface area contributed by atoms with Crippen LogP contribution >= 0.6 is 11.8 Å². The van der Waals surface area contributed by atoms with Gasteiger partial charge in [-0.05, 0) is 33.1 Å². The molecule has 0 aliphatic carbocycles. The van der Waals surface area contributed by atoms with Crippen LogP contribution in [0.4, 0.5) is 0 Å². The minimum Gasteiger partial charge on any atom is -0.314 e. The van der Waals surface area contributed by atoms with Crippen molar-refractivity contribution in [2.24, 2.45) is 0 Å². The number of thioether (sulfide) groups is 1. The molecule has 0 spiro atoms. The summed E-state index contributed by atoms with van der Waals surface area (Å²) in [5.41, 5.74) is 0.310. The molecule has 17 heavy (non-hydrogen) atoms. The van der Waals surface area contributed by atoms with Crippen molar-refractivity contribution in [3.63, 3.8) is 0 Å². The summed E-state index contributed by atoms with van der Waals surface area (Å²) in [6, 6.07) is 0.808. The van der Waals surface area contributed by atoms with E-state index >= 15 is 0 Å². The van der Waals surface area contributed by atoms with E-state index in [2.05, 4.69) is 47.8 Å². The van der Waals surface area contributed by atoms with Crippen LogP contribution in [0.15, 0.2) is 0 Å². The largest absolute Gasteiger partial charge is 0.314 e. The van der Waals surface area contributed by atoms with E-state index in [0.717, 1.165) is 19.1 Å². The Labute approximate surface area is 110 Å². The Balaban J connectivity index is 1.86. The fraction of sp³-hybridized carbons (Fsp3) is 1.00. The zero-order chi connectivity index (χ0) is 12.3. The van der Waals surface area contributed by atoms with Crippen LogP contribution in [0.2, 0.25) is 0 Å². The molecule has 2 rings (SSSR count). The van der Waals surface area contributed by atoms with E-state index < -0.39 is 0 Å². The van der Waals surface area contributed by atoms with Gasteiger partial charge in [0, 0.05) is 50.1 Å². The topological polar surface area (TPSA) is 18.5 Å². The molecule has 2 fully saturated rings. The molecule has 0 radical (unpaired) electrons. The molecule has 0 saturated carbocycles. The molecule has 1 N–H and O–H groups in total. The quantitative estimate of drug-likeness (QED) is 0.813. The van der Waals surface area contributed by atoms with Crippen LogP contribution < -0.4 is 5.32 Å². The van der Waals surface area contributed by atoms with Gasteiger partial charge in [0.2, 0.25) is 0 Å². The van der Waals surface area contributed by atoms with Gasteiger partial charge >= 0.3 is 0 Å². The summed E-state index contributed by atoms with van der Waals surface area (Å²) >= 11 is 2.11. The maximum Gasteiger partial charge on any atom is 0.0281 e. The van der Waals surface area contributed by atoms with Gasteiger partial charge in [0.15, 0.2) is 0 Å². The van der Waals surface area contributed by atoms with Gasteiger partial charge in [-0.25, -0.2) is 0 Å². The molecule has 0 bridgehead atoms. The number of rotatable bonds is 4. The Hall–Kier alpha value is 0.230. The molecule has 2 saturated heterocycles. The summed E-state index contributed by atoms with van der Waals surface area (Å²) in [5, 5.41) is 3.44. The molecule has 2 heterocycles. The lowest BCUT2D eigenvalue weighted by Crippen LogP contribution is -2.58. The zero-order valence-electron chi connectivity index (χ0n) is 11.5. The van der Waals surface area contributed by atoms with Crippen molar-refractivity contribution in [3.8, 4) is 0 Å². The lowest BCUT2D eigenvalue weighted by molar-refractivity contribution is 0.0613. The molecule has 3 nitrogen and oxygen atoms in total. The molecule has 4 heteroatoms. The van der Waals surface area contributed by atoms with Crippen molar-refractivity contribution in [2.45, 2.75) is 31.8 Å². The minimum atomic E-state index is 0.310. The summed E-state index contributed by atoms with van der Waals surface area (Å²) in [6.45, 7) is 10.7. The van der Waals surface area contributed by atoms with Gasteiger partial charge in [0.25, 0.3) is 0 Å². The van der Waals surface area contributed by atoms with E-state index in [1.807, 2.05) is 0 Å². The van der Waals surface area contributed by atoms with Gasteiger partial charge in [-0.15, -0.1) is 0 Å². The van der Waals surface area contributed by atoms with Crippen LogP contribution in [0.1, 0.15) is 20.3 Å². The fourth-order valence-electron chi connectivity index (χ4n) is 2.98. The molecule has 2 aliphatic heterocycles. The van der Waals surface area contributed by atoms with Crippen molar-refractivity contribution in [1.82, 2.24) is 15.1 Å². The minimum absolute atomic E-state index is 0.310. The molecule has 1 atom stereocenters. The molecule has 100 valence electrons. The Morgan fingerprint density at radius 3 is 2.65 bits per heavy atom. The number of likely N-dealkylation sites (N-methyl/N-ethyl adjacent to an activating group) is 1. The molecule has 0 aromatic heterocycles. The van der Waals surface area contributed by atoms with Crippen molar-refractivity contribution < 1.29 is 0 Å². The molecular formula is C13H27N3S. The van der Waals surface area contributed by atoms with Crippen LogP contribution in [0.5, 0.6) is 0 Å². The first-order chi connectivity index (χ1) is 8.09. The first-order valence-corrected chi connectivity index (χ1v) is 7.99. The van der Waals surface area contributed by atoms with Crippen LogP contribution in [0.25, 0.3) is 0 Å². The SMILES string of the molecule is CN(CC(C)(C)N1CCNCC1)C1CCSC1. The number of piperazine rings is 1. The smallest absolute Gasteiger partial charge is 0.0281 e. The highest BCUT2D eigenvalue weighted by Gasteiger charge is 2.31. The summed E-state index contributed by atoms with van der Waals surface area (Å²) in [6.07, 6.45) is 1.37.